The van der Waals surface area contributed by atoms with Crippen LogP contribution >= 0.6 is 0 Å². The van der Waals surface area contributed by atoms with Crippen LogP contribution in [0, 0.1) is 5.41 Å². The van der Waals surface area contributed by atoms with Crippen molar-refractivity contribution in [1.29, 1.82) is 0 Å². The summed E-state index contributed by atoms with van der Waals surface area (Å²) in [6.07, 6.45) is 6.32. The molecule has 158 valence electrons. The lowest BCUT2D eigenvalue weighted by Gasteiger charge is -2.41. The minimum Gasteiger partial charge on any atom is -0.496 e. The Kier molecular flexibility index (Phi) is 6.45. The first kappa shape index (κ1) is 21.8. The van der Waals surface area contributed by atoms with Gasteiger partial charge >= 0.3 is 0 Å². The number of ketones is 2. The Bertz CT molecular complexity index is 932. The van der Waals surface area contributed by atoms with Crippen LogP contribution in [0.25, 0.3) is 0 Å². The molecule has 4 nitrogen and oxygen atoms in total. The molecule has 1 atom stereocenters. The lowest BCUT2D eigenvalue weighted by molar-refractivity contribution is -0.128. The number of Topliss-reactive ketones (excluding diaryl/α,β-unsaturated/α-hetero) is 1. The van der Waals surface area contributed by atoms with Gasteiger partial charge in [-0.1, -0.05) is 53.6 Å². The first-order valence-corrected chi connectivity index (χ1v) is 10.3. The molecule has 1 aromatic carbocycles. The lowest BCUT2D eigenvalue weighted by atomic mass is 9.68. The van der Waals surface area contributed by atoms with Crippen molar-refractivity contribution in [2.24, 2.45) is 5.41 Å². The van der Waals surface area contributed by atoms with Gasteiger partial charge in [0, 0.05) is 6.08 Å². The molecule has 1 aliphatic carbocycles. The third kappa shape index (κ3) is 4.18. The van der Waals surface area contributed by atoms with Gasteiger partial charge in [-0.3, -0.25) is 9.59 Å². The van der Waals surface area contributed by atoms with Gasteiger partial charge in [-0.25, -0.2) is 0 Å². The van der Waals surface area contributed by atoms with E-state index in [9.17, 15) is 9.59 Å². The summed E-state index contributed by atoms with van der Waals surface area (Å²) < 4.78 is 11.9. The fraction of sp³-hybridized carbons (Fsp3) is 0.385. The number of carbonyl (C=O) groups is 2. The van der Waals surface area contributed by atoms with Gasteiger partial charge in [-0.05, 0) is 46.1 Å². The molecule has 0 spiro atoms. The number of benzene rings is 1. The summed E-state index contributed by atoms with van der Waals surface area (Å²) in [5, 5.41) is 0. The van der Waals surface area contributed by atoms with Crippen LogP contribution in [-0.2, 0) is 19.1 Å². The second-order valence-electron chi connectivity index (χ2n) is 8.48. The highest BCUT2D eigenvalue weighted by molar-refractivity contribution is 6.09. The van der Waals surface area contributed by atoms with Crippen LogP contribution in [0.3, 0.4) is 0 Å². The number of allylic oxidation sites excluding steroid dienone is 7. The Balaban J connectivity index is 2.18. The molecule has 0 saturated heterocycles. The predicted octanol–water partition coefficient (Wildman–Crippen LogP) is 5.78. The van der Waals surface area contributed by atoms with Crippen LogP contribution in [0.2, 0.25) is 0 Å². The first-order chi connectivity index (χ1) is 14.3. The Morgan fingerprint density at radius 3 is 2.20 bits per heavy atom. The minimum absolute atomic E-state index is 0.0514. The molecule has 1 aliphatic heterocycles. The van der Waals surface area contributed by atoms with Crippen molar-refractivity contribution in [3.05, 3.63) is 82.4 Å². The van der Waals surface area contributed by atoms with Gasteiger partial charge in [0.2, 0.25) is 0 Å². The molecule has 2 aliphatic rings. The summed E-state index contributed by atoms with van der Waals surface area (Å²) in [6, 6.07) is 9.70. The van der Waals surface area contributed by atoms with E-state index in [1.54, 1.807) is 0 Å². The van der Waals surface area contributed by atoms with Gasteiger partial charge in [-0.2, -0.15) is 0 Å². The van der Waals surface area contributed by atoms with Crippen molar-refractivity contribution in [2.45, 2.75) is 53.1 Å². The fourth-order valence-corrected chi connectivity index (χ4v) is 3.92. The number of carbonyl (C=O) groups excluding carboxylic acids is 2. The van der Waals surface area contributed by atoms with E-state index in [1.165, 1.54) is 13.2 Å². The van der Waals surface area contributed by atoms with Gasteiger partial charge in [0.15, 0.2) is 11.6 Å². The van der Waals surface area contributed by atoms with Crippen LogP contribution in [0.4, 0.5) is 0 Å². The van der Waals surface area contributed by atoms with Crippen LogP contribution in [0.1, 0.15) is 58.6 Å². The molecule has 1 heterocycles. The van der Waals surface area contributed by atoms with Crippen LogP contribution < -0.4 is 0 Å². The van der Waals surface area contributed by atoms with Gasteiger partial charge in [0.25, 0.3) is 0 Å². The van der Waals surface area contributed by atoms with E-state index in [2.05, 4.69) is 0 Å². The Labute approximate surface area is 179 Å². The Hall–Kier alpha value is -2.88. The average Bonchev–Trinajstić information content (AvgIpc) is 2.72. The van der Waals surface area contributed by atoms with E-state index in [4.69, 9.17) is 9.47 Å². The van der Waals surface area contributed by atoms with Crippen molar-refractivity contribution in [2.75, 3.05) is 7.11 Å². The zero-order valence-electron chi connectivity index (χ0n) is 18.5. The number of hydrogen-bond acceptors (Lipinski definition) is 4. The third-order valence-corrected chi connectivity index (χ3v) is 5.66. The largest absolute Gasteiger partial charge is 0.496 e. The van der Waals surface area contributed by atoms with Crippen molar-refractivity contribution in [1.82, 2.24) is 0 Å². The summed E-state index contributed by atoms with van der Waals surface area (Å²) in [5.41, 5.74) is 2.62. The van der Waals surface area contributed by atoms with E-state index >= 15 is 0 Å². The normalized spacial score (nSPS) is 20.0. The molecule has 0 amide bonds. The monoisotopic (exact) mass is 406 g/mol. The number of hydrogen-bond donors (Lipinski definition) is 0. The van der Waals surface area contributed by atoms with Crippen LogP contribution in [0.15, 0.2) is 76.8 Å². The van der Waals surface area contributed by atoms with E-state index in [0.717, 1.165) is 16.7 Å². The molecule has 0 unspecified atom stereocenters. The van der Waals surface area contributed by atoms with Crippen molar-refractivity contribution >= 4 is 11.6 Å². The highest BCUT2D eigenvalue weighted by atomic mass is 16.5. The third-order valence-electron chi connectivity index (χ3n) is 5.66. The number of ether oxygens (including phenoxy) is 2. The minimum atomic E-state index is -0.949. The lowest BCUT2D eigenvalue weighted by Crippen LogP contribution is -2.41. The van der Waals surface area contributed by atoms with Gasteiger partial charge in [0.1, 0.15) is 17.6 Å². The Morgan fingerprint density at radius 1 is 1.07 bits per heavy atom. The smallest absolute Gasteiger partial charge is 0.174 e. The van der Waals surface area contributed by atoms with E-state index < -0.39 is 11.5 Å². The summed E-state index contributed by atoms with van der Waals surface area (Å²) in [6.45, 7) is 8.03. The molecule has 0 aromatic heterocycles. The highest BCUT2D eigenvalue weighted by Gasteiger charge is 2.50. The van der Waals surface area contributed by atoms with Gasteiger partial charge < -0.3 is 9.47 Å². The maximum Gasteiger partial charge on any atom is 0.174 e. The second-order valence-corrected chi connectivity index (χ2v) is 8.48. The summed E-state index contributed by atoms with van der Waals surface area (Å²) in [5.74, 6) is 0.613. The molecule has 0 saturated carbocycles. The van der Waals surface area contributed by atoms with Crippen molar-refractivity contribution in [3.8, 4) is 0 Å². The molecule has 1 aromatic rings. The van der Waals surface area contributed by atoms with Crippen LogP contribution in [-0.4, -0.2) is 18.7 Å². The average molecular weight is 407 g/mol. The van der Waals surface area contributed by atoms with E-state index in [0.29, 0.717) is 29.9 Å². The summed E-state index contributed by atoms with van der Waals surface area (Å²) >= 11 is 0. The summed E-state index contributed by atoms with van der Waals surface area (Å²) in [7, 11) is 1.49. The quantitative estimate of drug-likeness (QED) is 0.562. The summed E-state index contributed by atoms with van der Waals surface area (Å²) in [4.78, 5) is 26.7. The predicted molar refractivity (Wildman–Crippen MR) is 118 cm³/mol. The number of methoxy groups -OCH3 is 1. The highest BCUT2D eigenvalue weighted by Crippen LogP contribution is 2.50. The fourth-order valence-electron chi connectivity index (χ4n) is 3.92. The van der Waals surface area contributed by atoms with Crippen molar-refractivity contribution in [3.63, 3.8) is 0 Å². The van der Waals surface area contributed by atoms with E-state index in [-0.39, 0.29) is 18.0 Å². The molecule has 0 radical (unpaired) electrons. The Morgan fingerprint density at radius 2 is 1.67 bits per heavy atom. The van der Waals surface area contributed by atoms with Crippen LogP contribution in [0.5, 0.6) is 0 Å². The molecular weight excluding hydrogens is 376 g/mol. The molecule has 0 N–H and O–H groups in total. The molecule has 0 bridgehead atoms. The molecule has 3 rings (SSSR count). The topological polar surface area (TPSA) is 52.6 Å². The molecule has 4 heteroatoms. The zero-order chi connectivity index (χ0) is 21.9. The van der Waals surface area contributed by atoms with Crippen molar-refractivity contribution < 1.29 is 19.1 Å². The zero-order valence-corrected chi connectivity index (χ0v) is 18.5. The standard InChI is InChI=1S/C26H30O4/c1-17(2)11-13-26(14-12-18(3)4)23(28)16-22(29-5)24-20(27)15-21(30-25(24)26)19-9-7-6-8-10-19/h6-12,16,21H,13-15H2,1-5H3/t21-/m0/s1. The SMILES string of the molecule is COC1=CC(=O)C(CC=C(C)C)(CC=C(C)C)C2=C1C(=O)C[C@@H](c1ccccc1)O2. The first-order valence-electron chi connectivity index (χ1n) is 10.3. The maximum absolute atomic E-state index is 13.5. The number of rotatable bonds is 6. The second kappa shape index (κ2) is 8.86. The molecule has 0 fully saturated rings. The van der Waals surface area contributed by atoms with Gasteiger partial charge in [0.05, 0.1) is 24.5 Å². The molecule has 30 heavy (non-hydrogen) atoms. The molecular formula is C26H30O4. The van der Waals surface area contributed by atoms with Gasteiger partial charge in [-0.15, -0.1) is 0 Å². The van der Waals surface area contributed by atoms with E-state index in [1.807, 2.05) is 70.2 Å². The maximum atomic E-state index is 13.5.